The Kier molecular flexibility index (Phi) is 3.06. The van der Waals surface area contributed by atoms with E-state index < -0.39 is 0 Å². The van der Waals surface area contributed by atoms with Crippen LogP contribution < -0.4 is 5.32 Å². The summed E-state index contributed by atoms with van der Waals surface area (Å²) in [7, 11) is 0. The Bertz CT molecular complexity index is 656. The lowest BCUT2D eigenvalue weighted by molar-refractivity contribution is 0.472. The highest BCUT2D eigenvalue weighted by Crippen LogP contribution is 2.43. The Hall–Kier alpha value is -2.03. The van der Waals surface area contributed by atoms with Crippen LogP contribution in [0.4, 0.5) is 5.69 Å². The Morgan fingerprint density at radius 3 is 2.67 bits per heavy atom. The molecule has 2 aliphatic carbocycles. The molecule has 2 aliphatic rings. The van der Waals surface area contributed by atoms with Gasteiger partial charge in [-0.25, -0.2) is 4.98 Å². The van der Waals surface area contributed by atoms with Crippen LogP contribution in [-0.2, 0) is 0 Å². The molecule has 3 atom stereocenters. The fraction of sp³-hybridized carbons (Fsp3) is 0.389. The minimum Gasteiger partial charge on any atom is -0.449 e. The van der Waals surface area contributed by atoms with Gasteiger partial charge in [-0.1, -0.05) is 24.3 Å². The number of hydrogen-bond acceptors (Lipinski definition) is 3. The number of benzene rings is 1. The van der Waals surface area contributed by atoms with E-state index in [9.17, 15) is 0 Å². The molecule has 0 radical (unpaired) electrons. The summed E-state index contributed by atoms with van der Waals surface area (Å²) in [5, 5.41) is 3.58. The molecule has 1 heterocycles. The number of nitrogens with zero attached hydrogens (tertiary/aromatic N) is 1. The van der Waals surface area contributed by atoms with Gasteiger partial charge in [-0.05, 0) is 42.7 Å². The average molecular weight is 280 g/mol. The lowest BCUT2D eigenvalue weighted by atomic mass is 9.93. The molecule has 2 bridgehead atoms. The first kappa shape index (κ1) is 12.7. The SMILES string of the molecule is Cc1nc(-c2ccc(NCC3CC4C=CC3C4)cc2)co1. The standard InChI is InChI=1S/C18H20N2O/c1-12-20-18(11-21-12)14-4-6-17(7-5-14)19-10-16-9-13-2-3-15(16)8-13/h2-7,11,13,15-16,19H,8-10H2,1H3. The number of fused-ring (bicyclic) bond motifs is 2. The summed E-state index contributed by atoms with van der Waals surface area (Å²) >= 11 is 0. The van der Waals surface area contributed by atoms with Crippen molar-refractivity contribution in [3.05, 3.63) is 48.6 Å². The highest BCUT2D eigenvalue weighted by atomic mass is 16.3. The summed E-state index contributed by atoms with van der Waals surface area (Å²) in [4.78, 5) is 4.35. The number of aryl methyl sites for hydroxylation is 1. The molecule has 1 aromatic heterocycles. The average Bonchev–Trinajstić information content (AvgIpc) is 3.22. The number of aromatic nitrogens is 1. The van der Waals surface area contributed by atoms with Crippen LogP contribution in [0, 0.1) is 24.7 Å². The van der Waals surface area contributed by atoms with Crippen molar-refractivity contribution in [1.29, 1.82) is 0 Å². The van der Waals surface area contributed by atoms with Crippen molar-refractivity contribution in [2.24, 2.45) is 17.8 Å². The van der Waals surface area contributed by atoms with Gasteiger partial charge in [0, 0.05) is 24.7 Å². The van der Waals surface area contributed by atoms with Crippen LogP contribution in [0.1, 0.15) is 18.7 Å². The van der Waals surface area contributed by atoms with Gasteiger partial charge in [-0.3, -0.25) is 0 Å². The molecule has 21 heavy (non-hydrogen) atoms. The smallest absolute Gasteiger partial charge is 0.191 e. The van der Waals surface area contributed by atoms with Crippen molar-refractivity contribution in [3.63, 3.8) is 0 Å². The lowest BCUT2D eigenvalue weighted by Crippen LogP contribution is -2.18. The molecule has 3 nitrogen and oxygen atoms in total. The first-order chi connectivity index (χ1) is 10.3. The van der Waals surface area contributed by atoms with Gasteiger partial charge in [0.15, 0.2) is 5.89 Å². The summed E-state index contributed by atoms with van der Waals surface area (Å²) in [6.07, 6.45) is 9.24. The Labute approximate surface area is 125 Å². The van der Waals surface area contributed by atoms with E-state index in [1.54, 1.807) is 6.26 Å². The molecule has 0 spiro atoms. The predicted octanol–water partition coefficient (Wildman–Crippen LogP) is 4.27. The monoisotopic (exact) mass is 280 g/mol. The van der Waals surface area contributed by atoms with Crippen LogP contribution in [0.15, 0.2) is 47.1 Å². The van der Waals surface area contributed by atoms with E-state index >= 15 is 0 Å². The van der Waals surface area contributed by atoms with Gasteiger partial charge in [0.05, 0.1) is 0 Å². The summed E-state index contributed by atoms with van der Waals surface area (Å²) in [5.41, 5.74) is 3.18. The molecule has 3 unspecified atom stereocenters. The maximum absolute atomic E-state index is 5.26. The minimum absolute atomic E-state index is 0.705. The van der Waals surface area contributed by atoms with Gasteiger partial charge < -0.3 is 9.73 Å². The van der Waals surface area contributed by atoms with Gasteiger partial charge in [-0.15, -0.1) is 0 Å². The quantitative estimate of drug-likeness (QED) is 0.850. The first-order valence-corrected chi connectivity index (χ1v) is 7.73. The highest BCUT2D eigenvalue weighted by molar-refractivity contribution is 5.61. The highest BCUT2D eigenvalue weighted by Gasteiger charge is 2.35. The number of anilines is 1. The van der Waals surface area contributed by atoms with Crippen LogP contribution >= 0.6 is 0 Å². The van der Waals surface area contributed by atoms with Crippen LogP contribution in [-0.4, -0.2) is 11.5 Å². The van der Waals surface area contributed by atoms with E-state index in [-0.39, 0.29) is 0 Å². The largest absolute Gasteiger partial charge is 0.449 e. The molecule has 0 saturated heterocycles. The van der Waals surface area contributed by atoms with Crippen molar-refractivity contribution < 1.29 is 4.42 Å². The van der Waals surface area contributed by atoms with E-state index in [0.717, 1.165) is 35.6 Å². The van der Waals surface area contributed by atoms with Gasteiger partial charge in [0.1, 0.15) is 12.0 Å². The van der Waals surface area contributed by atoms with Gasteiger partial charge in [-0.2, -0.15) is 0 Å². The van der Waals surface area contributed by atoms with Crippen molar-refractivity contribution in [2.75, 3.05) is 11.9 Å². The second kappa shape index (κ2) is 5.06. The van der Waals surface area contributed by atoms with E-state index in [4.69, 9.17) is 4.42 Å². The predicted molar refractivity (Wildman–Crippen MR) is 84.0 cm³/mol. The van der Waals surface area contributed by atoms with Gasteiger partial charge in [0.2, 0.25) is 0 Å². The van der Waals surface area contributed by atoms with Crippen LogP contribution in [0.25, 0.3) is 11.3 Å². The number of nitrogens with one attached hydrogen (secondary N) is 1. The first-order valence-electron chi connectivity index (χ1n) is 7.73. The third kappa shape index (κ3) is 2.48. The number of oxazole rings is 1. The Balaban J connectivity index is 1.39. The summed E-state index contributed by atoms with van der Waals surface area (Å²) in [6, 6.07) is 8.45. The van der Waals surface area contributed by atoms with Crippen LogP contribution in [0.5, 0.6) is 0 Å². The second-order valence-electron chi connectivity index (χ2n) is 6.25. The molecule has 4 rings (SSSR count). The molecule has 1 saturated carbocycles. The van der Waals surface area contributed by atoms with E-state index in [2.05, 4.69) is 46.7 Å². The van der Waals surface area contributed by atoms with Crippen molar-refractivity contribution >= 4 is 5.69 Å². The third-order valence-corrected chi connectivity index (χ3v) is 4.78. The topological polar surface area (TPSA) is 38.1 Å². The fourth-order valence-corrected chi connectivity index (χ4v) is 3.63. The minimum atomic E-state index is 0.705. The second-order valence-corrected chi connectivity index (χ2v) is 6.25. The van der Waals surface area contributed by atoms with Crippen molar-refractivity contribution in [2.45, 2.75) is 19.8 Å². The zero-order chi connectivity index (χ0) is 14.2. The fourth-order valence-electron chi connectivity index (χ4n) is 3.63. The van der Waals surface area contributed by atoms with Gasteiger partial charge in [0.25, 0.3) is 0 Å². The molecular formula is C18H20N2O. The number of hydrogen-bond donors (Lipinski definition) is 1. The molecule has 1 aromatic carbocycles. The van der Waals surface area contributed by atoms with Crippen LogP contribution in [0.2, 0.25) is 0 Å². The number of allylic oxidation sites excluding steroid dienone is 2. The normalized spacial score (nSPS) is 26.4. The molecule has 0 amide bonds. The molecule has 2 aromatic rings. The van der Waals surface area contributed by atoms with Crippen molar-refractivity contribution in [3.8, 4) is 11.3 Å². The molecular weight excluding hydrogens is 260 g/mol. The van der Waals surface area contributed by atoms with Gasteiger partial charge >= 0.3 is 0 Å². The van der Waals surface area contributed by atoms with E-state index in [1.165, 1.54) is 18.5 Å². The van der Waals surface area contributed by atoms with E-state index in [0.29, 0.717) is 5.89 Å². The summed E-state index contributed by atoms with van der Waals surface area (Å²) < 4.78 is 5.26. The summed E-state index contributed by atoms with van der Waals surface area (Å²) in [6.45, 7) is 2.94. The van der Waals surface area contributed by atoms with Crippen LogP contribution in [0.3, 0.4) is 0 Å². The maximum atomic E-state index is 5.26. The number of rotatable bonds is 4. The molecule has 108 valence electrons. The Morgan fingerprint density at radius 1 is 1.19 bits per heavy atom. The molecule has 1 N–H and O–H groups in total. The third-order valence-electron chi connectivity index (χ3n) is 4.78. The summed E-state index contributed by atoms with van der Waals surface area (Å²) in [5.74, 6) is 3.16. The molecule has 3 heteroatoms. The van der Waals surface area contributed by atoms with E-state index in [1.807, 2.05) is 6.92 Å². The zero-order valence-electron chi connectivity index (χ0n) is 12.3. The molecule has 1 fully saturated rings. The van der Waals surface area contributed by atoms with Crippen molar-refractivity contribution in [1.82, 2.24) is 4.98 Å². The molecule has 0 aliphatic heterocycles. The lowest BCUT2D eigenvalue weighted by Gasteiger charge is -2.19. The Morgan fingerprint density at radius 2 is 2.05 bits per heavy atom. The zero-order valence-corrected chi connectivity index (χ0v) is 12.3. The maximum Gasteiger partial charge on any atom is 0.191 e.